The average Bonchev–Trinajstić information content (AvgIpc) is 2.73. The van der Waals surface area contributed by atoms with E-state index in [2.05, 4.69) is 4.98 Å². The number of hydrogen-bond acceptors (Lipinski definition) is 4. The van der Waals surface area contributed by atoms with Crippen molar-refractivity contribution in [3.8, 4) is 0 Å². The molecule has 0 bridgehead atoms. The average molecular weight is 234 g/mol. The van der Waals surface area contributed by atoms with Crippen LogP contribution in [-0.2, 0) is 11.3 Å². The van der Waals surface area contributed by atoms with Gasteiger partial charge in [-0.3, -0.25) is 0 Å². The minimum absolute atomic E-state index is 0.148. The molecule has 2 heterocycles. The molecule has 0 atom stereocenters. The van der Waals surface area contributed by atoms with Crippen molar-refractivity contribution in [2.45, 2.75) is 20.5 Å². The van der Waals surface area contributed by atoms with Crippen LogP contribution in [0.25, 0.3) is 5.65 Å². The van der Waals surface area contributed by atoms with Crippen LogP contribution < -0.4 is 0 Å². The molecular weight excluding hydrogens is 220 g/mol. The Morgan fingerprint density at radius 3 is 3.00 bits per heavy atom. The van der Waals surface area contributed by atoms with Crippen LogP contribution in [0.2, 0.25) is 0 Å². The Labute approximate surface area is 98.7 Å². The zero-order chi connectivity index (χ0) is 12.4. The van der Waals surface area contributed by atoms with Gasteiger partial charge in [0.25, 0.3) is 0 Å². The molecule has 2 rings (SSSR count). The van der Waals surface area contributed by atoms with Crippen LogP contribution in [0.15, 0.2) is 18.3 Å². The molecule has 0 aliphatic carbocycles. The summed E-state index contributed by atoms with van der Waals surface area (Å²) in [7, 11) is 0. The highest BCUT2D eigenvalue weighted by atomic mass is 16.5. The second-order valence-electron chi connectivity index (χ2n) is 3.69. The lowest BCUT2D eigenvalue weighted by Gasteiger charge is -2.05. The van der Waals surface area contributed by atoms with E-state index in [1.807, 2.05) is 6.92 Å². The summed E-state index contributed by atoms with van der Waals surface area (Å²) in [6.45, 7) is 3.83. The lowest BCUT2D eigenvalue weighted by atomic mass is 10.3. The predicted molar refractivity (Wildman–Crippen MR) is 61.8 cm³/mol. The summed E-state index contributed by atoms with van der Waals surface area (Å²) in [5, 5.41) is 9.10. The Hall–Kier alpha value is -1.88. The van der Waals surface area contributed by atoms with Crippen LogP contribution in [0, 0.1) is 6.92 Å². The fourth-order valence-electron chi connectivity index (χ4n) is 1.75. The van der Waals surface area contributed by atoms with Gasteiger partial charge >= 0.3 is 5.97 Å². The Bertz CT molecular complexity index is 560. The van der Waals surface area contributed by atoms with E-state index in [0.717, 1.165) is 5.69 Å². The smallest absolute Gasteiger partial charge is 0.341 e. The van der Waals surface area contributed by atoms with Crippen LogP contribution in [0.3, 0.4) is 0 Å². The maximum absolute atomic E-state index is 11.7. The third kappa shape index (κ3) is 2.01. The second-order valence-corrected chi connectivity index (χ2v) is 3.69. The van der Waals surface area contributed by atoms with Gasteiger partial charge in [0.1, 0.15) is 5.56 Å². The summed E-state index contributed by atoms with van der Waals surface area (Å²) < 4.78 is 6.75. The first-order valence-corrected chi connectivity index (χ1v) is 5.43. The van der Waals surface area contributed by atoms with Crippen molar-refractivity contribution in [2.75, 3.05) is 6.61 Å². The van der Waals surface area contributed by atoms with Gasteiger partial charge in [0.05, 0.1) is 18.9 Å². The normalized spacial score (nSPS) is 10.8. The molecule has 0 aliphatic rings. The van der Waals surface area contributed by atoms with Gasteiger partial charge in [-0.15, -0.1) is 0 Å². The highest BCUT2D eigenvalue weighted by Crippen LogP contribution is 2.15. The van der Waals surface area contributed by atoms with Crippen LogP contribution in [0.4, 0.5) is 0 Å². The van der Waals surface area contributed by atoms with Crippen molar-refractivity contribution in [3.05, 3.63) is 35.3 Å². The van der Waals surface area contributed by atoms with E-state index in [0.29, 0.717) is 23.5 Å². The summed E-state index contributed by atoms with van der Waals surface area (Å²) >= 11 is 0. The van der Waals surface area contributed by atoms with Gasteiger partial charge in [-0.25, -0.2) is 9.78 Å². The topological polar surface area (TPSA) is 63.8 Å². The van der Waals surface area contributed by atoms with Crippen LogP contribution in [0.5, 0.6) is 0 Å². The highest BCUT2D eigenvalue weighted by Gasteiger charge is 2.15. The molecule has 2 aromatic rings. The van der Waals surface area contributed by atoms with Crippen molar-refractivity contribution in [3.63, 3.8) is 0 Å². The molecule has 0 spiro atoms. The quantitative estimate of drug-likeness (QED) is 0.813. The van der Waals surface area contributed by atoms with Gasteiger partial charge < -0.3 is 14.2 Å². The van der Waals surface area contributed by atoms with E-state index in [-0.39, 0.29) is 6.61 Å². The second kappa shape index (κ2) is 4.55. The minimum Gasteiger partial charge on any atom is -0.462 e. The van der Waals surface area contributed by atoms with Crippen molar-refractivity contribution >= 4 is 11.6 Å². The first kappa shape index (κ1) is 11.6. The SMILES string of the molecule is CCOC(=O)c1ccn2c(C)cc(CO)nc12. The molecule has 0 aliphatic heterocycles. The number of fused-ring (bicyclic) bond motifs is 1. The highest BCUT2D eigenvalue weighted by molar-refractivity contribution is 5.96. The molecule has 17 heavy (non-hydrogen) atoms. The van der Waals surface area contributed by atoms with Crippen molar-refractivity contribution in [2.24, 2.45) is 0 Å². The molecule has 2 aromatic heterocycles. The van der Waals surface area contributed by atoms with Crippen LogP contribution in [0.1, 0.15) is 28.7 Å². The number of aryl methyl sites for hydroxylation is 1. The molecule has 5 heteroatoms. The van der Waals surface area contributed by atoms with E-state index < -0.39 is 5.97 Å². The summed E-state index contributed by atoms with van der Waals surface area (Å²) in [4.78, 5) is 15.9. The molecule has 1 N–H and O–H groups in total. The number of hydrogen-bond donors (Lipinski definition) is 1. The summed E-state index contributed by atoms with van der Waals surface area (Å²) in [5.74, 6) is -0.392. The number of ether oxygens (including phenoxy) is 1. The Balaban J connectivity index is 2.58. The molecule has 90 valence electrons. The van der Waals surface area contributed by atoms with Crippen LogP contribution >= 0.6 is 0 Å². The number of rotatable bonds is 3. The monoisotopic (exact) mass is 234 g/mol. The molecule has 0 amide bonds. The number of aromatic nitrogens is 2. The molecule has 0 radical (unpaired) electrons. The molecular formula is C12H14N2O3. The number of esters is 1. The van der Waals surface area contributed by atoms with Gasteiger partial charge in [0, 0.05) is 11.9 Å². The Kier molecular flexibility index (Phi) is 3.10. The van der Waals surface area contributed by atoms with Gasteiger partial charge in [-0.2, -0.15) is 0 Å². The Morgan fingerprint density at radius 1 is 1.59 bits per heavy atom. The summed E-state index contributed by atoms with van der Waals surface area (Å²) in [6.07, 6.45) is 1.77. The minimum atomic E-state index is -0.392. The summed E-state index contributed by atoms with van der Waals surface area (Å²) in [5.41, 5.74) is 2.39. The van der Waals surface area contributed by atoms with Gasteiger partial charge in [-0.05, 0) is 26.0 Å². The number of aliphatic hydroxyl groups excluding tert-OH is 1. The molecule has 5 nitrogen and oxygen atoms in total. The van der Waals surface area contributed by atoms with Gasteiger partial charge in [-0.1, -0.05) is 0 Å². The number of carbonyl (C=O) groups is 1. The summed E-state index contributed by atoms with van der Waals surface area (Å²) in [6, 6.07) is 3.45. The van der Waals surface area contributed by atoms with E-state index in [4.69, 9.17) is 9.84 Å². The van der Waals surface area contributed by atoms with Crippen molar-refractivity contribution < 1.29 is 14.6 Å². The number of nitrogens with zero attached hydrogens (tertiary/aromatic N) is 2. The van der Waals surface area contributed by atoms with E-state index in [1.54, 1.807) is 29.7 Å². The molecule has 0 saturated carbocycles. The fraction of sp³-hybridized carbons (Fsp3) is 0.333. The maximum Gasteiger partial charge on any atom is 0.341 e. The third-order valence-electron chi connectivity index (χ3n) is 2.52. The zero-order valence-electron chi connectivity index (χ0n) is 9.80. The van der Waals surface area contributed by atoms with Gasteiger partial charge in [0.15, 0.2) is 5.65 Å². The molecule has 0 fully saturated rings. The van der Waals surface area contributed by atoms with Crippen LogP contribution in [-0.4, -0.2) is 27.1 Å². The number of aliphatic hydroxyl groups is 1. The van der Waals surface area contributed by atoms with Gasteiger partial charge in [0.2, 0.25) is 0 Å². The molecule has 0 aromatic carbocycles. The molecule has 0 unspecified atom stereocenters. The Morgan fingerprint density at radius 2 is 2.35 bits per heavy atom. The van der Waals surface area contributed by atoms with Crippen molar-refractivity contribution in [1.29, 1.82) is 0 Å². The first-order valence-electron chi connectivity index (χ1n) is 5.43. The first-order chi connectivity index (χ1) is 8.17. The zero-order valence-corrected chi connectivity index (χ0v) is 9.80. The standard InChI is InChI=1S/C12H14N2O3/c1-3-17-12(16)10-4-5-14-8(2)6-9(7-15)13-11(10)14/h4-6,15H,3,7H2,1-2H3. The number of carbonyl (C=O) groups excluding carboxylic acids is 1. The lowest BCUT2D eigenvalue weighted by molar-refractivity contribution is 0.0528. The van der Waals surface area contributed by atoms with E-state index in [9.17, 15) is 4.79 Å². The predicted octanol–water partition coefficient (Wildman–Crippen LogP) is 1.31. The third-order valence-corrected chi connectivity index (χ3v) is 2.52. The van der Waals surface area contributed by atoms with Crippen molar-refractivity contribution in [1.82, 2.24) is 9.38 Å². The lowest BCUT2D eigenvalue weighted by Crippen LogP contribution is -2.06. The fourth-order valence-corrected chi connectivity index (χ4v) is 1.75. The van der Waals surface area contributed by atoms with E-state index >= 15 is 0 Å². The maximum atomic E-state index is 11.7. The van der Waals surface area contributed by atoms with E-state index in [1.165, 1.54) is 0 Å². The largest absolute Gasteiger partial charge is 0.462 e. The molecule has 0 saturated heterocycles.